The molecule has 0 aromatic rings. The predicted octanol–water partition coefficient (Wildman–Crippen LogP) is 2.08. The second-order valence-electron chi connectivity index (χ2n) is 16.5. The van der Waals surface area contributed by atoms with Crippen LogP contribution in [0.25, 0.3) is 0 Å². The van der Waals surface area contributed by atoms with Crippen molar-refractivity contribution in [3.05, 3.63) is 0 Å². The molecule has 5 fully saturated rings. The van der Waals surface area contributed by atoms with Crippen molar-refractivity contribution < 1.29 is 50.0 Å². The Bertz CT molecular complexity index is 982. The number of hydrogen-bond acceptors (Lipinski definition) is 10. The van der Waals surface area contributed by atoms with Crippen LogP contribution in [0.15, 0.2) is 0 Å². The fourth-order valence-corrected chi connectivity index (χ4v) is 11.4. The van der Waals surface area contributed by atoms with Gasteiger partial charge in [-0.25, -0.2) is 0 Å². The molecule has 10 unspecified atom stereocenters. The molecule has 0 radical (unpaired) electrons. The molecule has 1 heterocycles. The molecule has 10 nitrogen and oxygen atoms in total. The second kappa shape index (κ2) is 13.8. The monoisotopic (exact) mass is 642 g/mol. The van der Waals surface area contributed by atoms with Gasteiger partial charge in [0, 0.05) is 13.0 Å². The van der Waals surface area contributed by atoms with Gasteiger partial charge in [0.25, 0.3) is 0 Å². The fourth-order valence-electron chi connectivity index (χ4n) is 11.4. The van der Waals surface area contributed by atoms with E-state index >= 15 is 0 Å². The van der Waals surface area contributed by atoms with E-state index in [1.807, 2.05) is 0 Å². The lowest BCUT2D eigenvalue weighted by Crippen LogP contribution is -2.63. The highest BCUT2D eigenvalue weighted by atomic mass is 16.7. The Balaban J connectivity index is 1.22. The summed E-state index contributed by atoms with van der Waals surface area (Å²) in [5.74, 6) is 0.649. The predicted molar refractivity (Wildman–Crippen MR) is 167 cm³/mol. The number of methoxy groups -OCH3 is 1. The molecule has 0 spiro atoms. The van der Waals surface area contributed by atoms with Crippen LogP contribution >= 0.6 is 0 Å². The van der Waals surface area contributed by atoms with E-state index in [0.717, 1.165) is 38.5 Å². The molecule has 0 bridgehead atoms. The van der Waals surface area contributed by atoms with Crippen molar-refractivity contribution >= 4 is 0 Å². The second-order valence-corrected chi connectivity index (χ2v) is 16.5. The lowest BCUT2D eigenvalue weighted by atomic mass is 9.43. The topological polar surface area (TPSA) is 169 Å². The molecule has 262 valence electrons. The number of hydrogen-bond donors (Lipinski definition) is 7. The molecule has 7 N–H and O–H groups in total. The van der Waals surface area contributed by atoms with Gasteiger partial charge in [0.1, 0.15) is 18.3 Å². The molecule has 4 saturated carbocycles. The molecule has 4 aliphatic carbocycles. The normalized spacial score (nSPS) is 51.3. The summed E-state index contributed by atoms with van der Waals surface area (Å²) >= 11 is 0. The van der Waals surface area contributed by atoms with E-state index < -0.39 is 55.1 Å². The molecule has 10 heteroatoms. The average Bonchev–Trinajstić information content (AvgIpc) is 3.19. The molecular formula is C35H62O10. The highest BCUT2D eigenvalue weighted by molar-refractivity contribution is 5.16. The smallest absolute Gasteiger partial charge is 0.186 e. The van der Waals surface area contributed by atoms with Crippen molar-refractivity contribution in [2.24, 2.45) is 58.2 Å². The van der Waals surface area contributed by atoms with Crippen LogP contribution in [0, 0.1) is 58.2 Å². The van der Waals surface area contributed by atoms with Gasteiger partial charge in [0.05, 0.1) is 43.7 Å². The van der Waals surface area contributed by atoms with Crippen LogP contribution in [0.5, 0.6) is 0 Å². The Kier molecular flexibility index (Phi) is 11.0. The Morgan fingerprint density at radius 1 is 0.756 bits per heavy atom. The van der Waals surface area contributed by atoms with Crippen molar-refractivity contribution in [1.82, 2.24) is 0 Å². The van der Waals surface area contributed by atoms with Crippen molar-refractivity contribution in [3.8, 4) is 0 Å². The molecular weight excluding hydrogens is 580 g/mol. The highest BCUT2D eigenvalue weighted by Gasteiger charge is 2.68. The zero-order valence-electron chi connectivity index (χ0n) is 28.2. The Hall–Kier alpha value is -0.400. The van der Waals surface area contributed by atoms with Gasteiger partial charge in [0.2, 0.25) is 0 Å². The summed E-state index contributed by atoms with van der Waals surface area (Å²) < 4.78 is 16.6. The standard InChI is InChI=1S/C35H62O10/c1-17(2)19(11-14-44-33-32(42)29(39)24(43-6)16-45-33)8-7-18(3)25-30(40)31(41)26-20-15-23(37)27-28(38)22(36)10-13-34(27,4)21(20)9-12-35(25,26)5/h17-33,36-42H,7-16H2,1-6H3/t18?,19?,20?,21?,22-,23?,24+,25?,26?,27?,28-,29?,30+,31-,32?,33+,34+,35+/m0/s1. The molecule has 5 rings (SSSR count). The van der Waals surface area contributed by atoms with Gasteiger partial charge in [0.15, 0.2) is 6.29 Å². The molecule has 1 aliphatic heterocycles. The quantitative estimate of drug-likeness (QED) is 0.187. The first-order valence-corrected chi connectivity index (χ1v) is 17.7. The van der Waals surface area contributed by atoms with E-state index in [4.69, 9.17) is 14.2 Å². The lowest BCUT2D eigenvalue weighted by Gasteiger charge is -2.63. The van der Waals surface area contributed by atoms with E-state index in [9.17, 15) is 35.7 Å². The van der Waals surface area contributed by atoms with Gasteiger partial charge in [-0.3, -0.25) is 0 Å². The summed E-state index contributed by atoms with van der Waals surface area (Å²) in [5.41, 5.74) is -0.577. The molecule has 0 aromatic carbocycles. The lowest BCUT2D eigenvalue weighted by molar-refractivity contribution is -0.274. The molecule has 18 atom stereocenters. The first-order chi connectivity index (χ1) is 21.2. The van der Waals surface area contributed by atoms with Crippen LogP contribution in [0.4, 0.5) is 0 Å². The minimum Gasteiger partial charge on any atom is -0.393 e. The minimum atomic E-state index is -1.17. The Morgan fingerprint density at radius 3 is 2.11 bits per heavy atom. The average molecular weight is 643 g/mol. The number of aliphatic hydroxyl groups is 7. The third kappa shape index (κ3) is 6.28. The van der Waals surface area contributed by atoms with Gasteiger partial charge in [-0.1, -0.05) is 41.0 Å². The van der Waals surface area contributed by atoms with Crippen molar-refractivity contribution in [2.45, 2.75) is 141 Å². The van der Waals surface area contributed by atoms with E-state index in [0.29, 0.717) is 31.3 Å². The number of aliphatic hydroxyl groups excluding tert-OH is 7. The molecule has 1 saturated heterocycles. The molecule has 0 aromatic heterocycles. The number of ether oxygens (including phenoxy) is 3. The van der Waals surface area contributed by atoms with Crippen molar-refractivity contribution in [1.29, 1.82) is 0 Å². The third-order valence-corrected chi connectivity index (χ3v) is 13.9. The summed E-state index contributed by atoms with van der Waals surface area (Å²) in [4.78, 5) is 0. The van der Waals surface area contributed by atoms with Crippen LogP contribution in [0.3, 0.4) is 0 Å². The van der Waals surface area contributed by atoms with E-state index in [1.54, 1.807) is 0 Å². The van der Waals surface area contributed by atoms with Crippen molar-refractivity contribution in [2.75, 3.05) is 20.3 Å². The van der Waals surface area contributed by atoms with Gasteiger partial charge >= 0.3 is 0 Å². The number of fused-ring (bicyclic) bond motifs is 5. The summed E-state index contributed by atoms with van der Waals surface area (Å²) in [6.07, 6.45) is -1.70. The summed E-state index contributed by atoms with van der Waals surface area (Å²) in [5, 5.41) is 76.6. The van der Waals surface area contributed by atoms with Crippen LogP contribution in [-0.4, -0.2) is 111 Å². The maximum absolute atomic E-state index is 11.7. The first kappa shape index (κ1) is 35.9. The van der Waals surface area contributed by atoms with Crippen molar-refractivity contribution in [3.63, 3.8) is 0 Å². The van der Waals surface area contributed by atoms with Crippen LogP contribution in [0.2, 0.25) is 0 Å². The van der Waals surface area contributed by atoms with Gasteiger partial charge in [-0.05, 0) is 97.2 Å². The summed E-state index contributed by atoms with van der Waals surface area (Å²) in [7, 11) is 1.47. The van der Waals surface area contributed by atoms with Crippen LogP contribution in [0.1, 0.15) is 86.0 Å². The van der Waals surface area contributed by atoms with Gasteiger partial charge < -0.3 is 50.0 Å². The SMILES string of the molecule is CO[C@@H]1CO[C@@H](OCCC(CCC(C)C2[C@@H](O)[C@@H](O)C3C4CC(O)C5[C@@H](O)[C@@H](O)CC[C@]5(C)C4CC[C@]23C)C(C)C)C(O)C1O. The van der Waals surface area contributed by atoms with Crippen LogP contribution in [-0.2, 0) is 14.2 Å². The summed E-state index contributed by atoms with van der Waals surface area (Å²) in [6.45, 7) is 11.6. The van der Waals surface area contributed by atoms with E-state index in [2.05, 4.69) is 34.6 Å². The van der Waals surface area contributed by atoms with Crippen LogP contribution < -0.4 is 0 Å². The highest BCUT2D eigenvalue weighted by Crippen LogP contribution is 2.68. The zero-order chi connectivity index (χ0) is 33.0. The third-order valence-electron chi connectivity index (χ3n) is 13.9. The molecule has 5 aliphatic rings. The molecule has 0 amide bonds. The minimum absolute atomic E-state index is 0.0555. The van der Waals surface area contributed by atoms with Gasteiger partial charge in [-0.2, -0.15) is 0 Å². The largest absolute Gasteiger partial charge is 0.393 e. The zero-order valence-corrected chi connectivity index (χ0v) is 28.2. The first-order valence-electron chi connectivity index (χ1n) is 17.7. The summed E-state index contributed by atoms with van der Waals surface area (Å²) in [6, 6.07) is 0. The Morgan fingerprint density at radius 2 is 1.44 bits per heavy atom. The Labute approximate surface area is 269 Å². The maximum atomic E-state index is 11.7. The van der Waals surface area contributed by atoms with E-state index in [1.165, 1.54) is 7.11 Å². The number of rotatable bonds is 10. The van der Waals surface area contributed by atoms with E-state index in [-0.39, 0.29) is 52.9 Å². The maximum Gasteiger partial charge on any atom is 0.186 e. The van der Waals surface area contributed by atoms with Gasteiger partial charge in [-0.15, -0.1) is 0 Å². The fraction of sp³-hybridized carbons (Fsp3) is 1.00. The molecule has 45 heavy (non-hydrogen) atoms.